The third kappa shape index (κ3) is 5.22. The maximum Gasteiger partial charge on any atom is 0.230 e. The minimum atomic E-state index is -0.238. The molecule has 1 heterocycles. The van der Waals surface area contributed by atoms with E-state index in [9.17, 15) is 9.18 Å². The average Bonchev–Trinajstić information content (AvgIpc) is 2.85. The second kappa shape index (κ2) is 7.67. The number of hydrogen-bond donors (Lipinski definition) is 2. The maximum absolute atomic E-state index is 13.0. The summed E-state index contributed by atoms with van der Waals surface area (Å²) in [5.74, 6) is 0.0114. The fourth-order valence-electron chi connectivity index (χ4n) is 1.73. The SMILES string of the molecule is Cc1cc(F)ccc1CCNC(=O)CSc1n[nH]c(=S)s1. The number of hydrogen-bond acceptors (Lipinski definition) is 5. The van der Waals surface area contributed by atoms with Gasteiger partial charge in [0.05, 0.1) is 5.75 Å². The van der Waals surface area contributed by atoms with Crippen molar-refractivity contribution in [2.24, 2.45) is 0 Å². The molecule has 2 N–H and O–H groups in total. The van der Waals surface area contributed by atoms with Crippen LogP contribution in [0.1, 0.15) is 11.1 Å². The van der Waals surface area contributed by atoms with Crippen LogP contribution in [0.2, 0.25) is 0 Å². The Morgan fingerprint density at radius 1 is 1.57 bits per heavy atom. The first-order valence-electron chi connectivity index (χ1n) is 6.24. The molecule has 0 saturated carbocycles. The molecule has 4 nitrogen and oxygen atoms in total. The van der Waals surface area contributed by atoms with E-state index in [0.29, 0.717) is 22.7 Å². The summed E-state index contributed by atoms with van der Waals surface area (Å²) < 4.78 is 14.3. The number of rotatable bonds is 6. The number of nitrogens with one attached hydrogen (secondary N) is 2. The maximum atomic E-state index is 13.0. The van der Waals surface area contributed by atoms with Crippen molar-refractivity contribution >= 4 is 41.2 Å². The van der Waals surface area contributed by atoms with Gasteiger partial charge >= 0.3 is 0 Å². The lowest BCUT2D eigenvalue weighted by Gasteiger charge is -2.07. The number of H-pyrrole nitrogens is 1. The van der Waals surface area contributed by atoms with E-state index in [4.69, 9.17) is 12.2 Å². The number of benzene rings is 1. The third-order valence-electron chi connectivity index (χ3n) is 2.77. The summed E-state index contributed by atoms with van der Waals surface area (Å²) in [6.07, 6.45) is 0.684. The number of aromatic nitrogens is 2. The Morgan fingerprint density at radius 3 is 3.05 bits per heavy atom. The lowest BCUT2D eigenvalue weighted by Crippen LogP contribution is -2.27. The molecule has 21 heavy (non-hydrogen) atoms. The van der Waals surface area contributed by atoms with Gasteiger partial charge in [-0.3, -0.25) is 9.89 Å². The van der Waals surface area contributed by atoms with Crippen LogP contribution in [0.15, 0.2) is 22.5 Å². The van der Waals surface area contributed by atoms with E-state index in [1.165, 1.54) is 35.2 Å². The van der Waals surface area contributed by atoms with Crippen molar-refractivity contribution in [2.45, 2.75) is 17.7 Å². The third-order valence-corrected chi connectivity index (χ3v) is 5.00. The van der Waals surface area contributed by atoms with Gasteiger partial charge in [0.25, 0.3) is 0 Å². The molecule has 0 bridgehead atoms. The quantitative estimate of drug-likeness (QED) is 0.625. The molecule has 2 rings (SSSR count). The lowest BCUT2D eigenvalue weighted by atomic mass is 10.1. The summed E-state index contributed by atoms with van der Waals surface area (Å²) in [5, 5.41) is 9.48. The molecular weight excluding hydrogens is 329 g/mol. The molecule has 0 fully saturated rings. The molecule has 0 aliphatic heterocycles. The van der Waals surface area contributed by atoms with Crippen LogP contribution in [0.25, 0.3) is 0 Å². The average molecular weight is 343 g/mol. The minimum absolute atomic E-state index is 0.0547. The second-order valence-electron chi connectivity index (χ2n) is 4.34. The van der Waals surface area contributed by atoms with Gasteiger partial charge in [0, 0.05) is 6.54 Å². The van der Waals surface area contributed by atoms with Crippen LogP contribution >= 0.6 is 35.3 Å². The molecule has 0 saturated heterocycles. The highest BCUT2D eigenvalue weighted by molar-refractivity contribution is 8.01. The van der Waals surface area contributed by atoms with Crippen molar-refractivity contribution in [2.75, 3.05) is 12.3 Å². The Hall–Kier alpha value is -1.25. The molecule has 0 aliphatic carbocycles. The molecule has 2 aromatic rings. The summed E-state index contributed by atoms with van der Waals surface area (Å²) in [6, 6.07) is 4.69. The van der Waals surface area contributed by atoms with Crippen molar-refractivity contribution in [3.63, 3.8) is 0 Å². The van der Waals surface area contributed by atoms with Crippen LogP contribution in [0.4, 0.5) is 4.39 Å². The number of halogens is 1. The molecule has 1 amide bonds. The normalized spacial score (nSPS) is 10.6. The van der Waals surface area contributed by atoms with Gasteiger partial charge in [-0.1, -0.05) is 29.2 Å². The highest BCUT2D eigenvalue weighted by Gasteiger charge is 2.06. The minimum Gasteiger partial charge on any atom is -0.355 e. The fourth-order valence-corrected chi connectivity index (χ4v) is 3.64. The highest BCUT2D eigenvalue weighted by Crippen LogP contribution is 2.19. The molecule has 1 aromatic heterocycles. The summed E-state index contributed by atoms with van der Waals surface area (Å²) in [7, 11) is 0. The van der Waals surface area contributed by atoms with Crippen LogP contribution in [0, 0.1) is 16.7 Å². The van der Waals surface area contributed by atoms with Crippen LogP contribution in [0.5, 0.6) is 0 Å². The predicted octanol–water partition coefficient (Wildman–Crippen LogP) is 3.10. The van der Waals surface area contributed by atoms with E-state index < -0.39 is 0 Å². The lowest BCUT2D eigenvalue weighted by molar-refractivity contribution is -0.118. The van der Waals surface area contributed by atoms with Crippen molar-refractivity contribution in [3.8, 4) is 0 Å². The zero-order chi connectivity index (χ0) is 15.2. The molecule has 0 aliphatic rings. The van der Waals surface area contributed by atoms with E-state index in [-0.39, 0.29) is 11.7 Å². The number of carbonyl (C=O) groups is 1. The Labute approximate surface area is 135 Å². The van der Waals surface area contributed by atoms with E-state index in [1.807, 2.05) is 6.92 Å². The Morgan fingerprint density at radius 2 is 2.38 bits per heavy atom. The number of aromatic amines is 1. The van der Waals surface area contributed by atoms with Crippen molar-refractivity contribution in [1.82, 2.24) is 15.5 Å². The Balaban J connectivity index is 1.72. The number of thioether (sulfide) groups is 1. The van der Waals surface area contributed by atoms with Crippen LogP contribution in [0.3, 0.4) is 0 Å². The number of nitrogens with zero attached hydrogens (tertiary/aromatic N) is 1. The van der Waals surface area contributed by atoms with Crippen LogP contribution < -0.4 is 5.32 Å². The molecule has 0 radical (unpaired) electrons. The Kier molecular flexibility index (Phi) is 5.89. The largest absolute Gasteiger partial charge is 0.355 e. The highest BCUT2D eigenvalue weighted by atomic mass is 32.2. The first kappa shape index (κ1) is 16.1. The van der Waals surface area contributed by atoms with E-state index >= 15 is 0 Å². The van der Waals surface area contributed by atoms with Gasteiger partial charge in [-0.25, -0.2) is 4.39 Å². The molecular formula is C13H14FN3OS3. The van der Waals surface area contributed by atoms with Gasteiger partial charge in [0.1, 0.15) is 5.82 Å². The summed E-state index contributed by atoms with van der Waals surface area (Å²) in [5.41, 5.74) is 1.93. The van der Waals surface area contributed by atoms with Crippen LogP contribution in [-0.2, 0) is 11.2 Å². The summed E-state index contributed by atoms with van der Waals surface area (Å²) in [4.78, 5) is 11.7. The zero-order valence-electron chi connectivity index (χ0n) is 11.3. The predicted molar refractivity (Wildman–Crippen MR) is 85.9 cm³/mol. The van der Waals surface area contributed by atoms with Crippen LogP contribution in [-0.4, -0.2) is 28.4 Å². The first-order chi connectivity index (χ1) is 10.0. The van der Waals surface area contributed by atoms with Gasteiger partial charge in [-0.2, -0.15) is 5.10 Å². The van der Waals surface area contributed by atoms with E-state index in [0.717, 1.165) is 15.5 Å². The topological polar surface area (TPSA) is 57.8 Å². The molecule has 1 aromatic carbocycles. The fraction of sp³-hybridized carbons (Fsp3) is 0.308. The Bertz CT molecular complexity index is 683. The standard InChI is InChI=1S/C13H14FN3OS3/c1-8-6-10(14)3-2-9(8)4-5-15-11(18)7-20-13-17-16-12(19)21-13/h2-3,6H,4-5,7H2,1H3,(H,15,18)(H,16,19). The first-order valence-corrected chi connectivity index (χ1v) is 8.45. The monoisotopic (exact) mass is 343 g/mol. The summed E-state index contributed by atoms with van der Waals surface area (Å²) in [6.45, 7) is 2.39. The smallest absolute Gasteiger partial charge is 0.230 e. The van der Waals surface area contributed by atoms with Crippen molar-refractivity contribution in [1.29, 1.82) is 0 Å². The number of aryl methyl sites for hydroxylation is 1. The molecule has 0 unspecified atom stereocenters. The molecule has 0 spiro atoms. The molecule has 8 heteroatoms. The van der Waals surface area contributed by atoms with Gasteiger partial charge in [-0.05, 0) is 48.8 Å². The van der Waals surface area contributed by atoms with E-state index in [1.54, 1.807) is 6.07 Å². The number of carbonyl (C=O) groups excluding carboxylic acids is 1. The van der Waals surface area contributed by atoms with Crippen molar-refractivity contribution in [3.05, 3.63) is 39.1 Å². The van der Waals surface area contributed by atoms with Crippen molar-refractivity contribution < 1.29 is 9.18 Å². The molecule has 0 atom stereocenters. The summed E-state index contributed by atoms with van der Waals surface area (Å²) >= 11 is 7.62. The van der Waals surface area contributed by atoms with E-state index in [2.05, 4.69) is 15.5 Å². The van der Waals surface area contributed by atoms with Gasteiger partial charge in [0.2, 0.25) is 5.91 Å². The van der Waals surface area contributed by atoms with Gasteiger partial charge in [0.15, 0.2) is 8.29 Å². The second-order valence-corrected chi connectivity index (χ2v) is 7.23. The van der Waals surface area contributed by atoms with Gasteiger partial charge in [-0.15, -0.1) is 0 Å². The number of amides is 1. The molecule has 112 valence electrons. The zero-order valence-corrected chi connectivity index (χ0v) is 13.8. The van der Waals surface area contributed by atoms with Gasteiger partial charge < -0.3 is 5.32 Å².